The summed E-state index contributed by atoms with van der Waals surface area (Å²) in [5.41, 5.74) is 3.23. The molecule has 31 heavy (non-hydrogen) atoms. The summed E-state index contributed by atoms with van der Waals surface area (Å²) in [5, 5.41) is 0.756. The standard InChI is InChI=1S/C24H31N3O2S2/c1-17-7-10-19(11-8-17)30-16-13-21(28)27(15-6-14-26(3)4)24-25-22-20(29-5)12-9-18(2)23(22)31-24/h7-12H,6,13-16H2,1-5H3. The summed E-state index contributed by atoms with van der Waals surface area (Å²) < 4.78 is 6.58. The molecular weight excluding hydrogens is 426 g/mol. The van der Waals surface area contributed by atoms with Crippen LogP contribution in [0.25, 0.3) is 10.2 Å². The Morgan fingerprint density at radius 1 is 1.10 bits per heavy atom. The van der Waals surface area contributed by atoms with Crippen molar-refractivity contribution in [3.63, 3.8) is 0 Å². The number of nitrogens with zero attached hydrogens (tertiary/aromatic N) is 3. The molecule has 5 nitrogen and oxygen atoms in total. The lowest BCUT2D eigenvalue weighted by molar-refractivity contribution is -0.118. The number of benzene rings is 2. The van der Waals surface area contributed by atoms with Gasteiger partial charge in [-0.3, -0.25) is 9.69 Å². The molecule has 1 aromatic heterocycles. The molecule has 0 aliphatic carbocycles. The molecule has 0 spiro atoms. The molecule has 1 heterocycles. The number of hydrogen-bond acceptors (Lipinski definition) is 6. The first-order valence-corrected chi connectivity index (χ1v) is 12.3. The van der Waals surface area contributed by atoms with Crippen LogP contribution < -0.4 is 9.64 Å². The minimum Gasteiger partial charge on any atom is -0.494 e. The third-order valence-corrected chi connectivity index (χ3v) is 7.26. The summed E-state index contributed by atoms with van der Waals surface area (Å²) in [5.74, 6) is 1.62. The molecule has 3 rings (SSSR count). The molecule has 0 aliphatic rings. The van der Waals surface area contributed by atoms with E-state index in [-0.39, 0.29) is 5.91 Å². The highest BCUT2D eigenvalue weighted by Crippen LogP contribution is 2.36. The normalized spacial score (nSPS) is 11.3. The van der Waals surface area contributed by atoms with E-state index in [1.54, 1.807) is 30.2 Å². The van der Waals surface area contributed by atoms with Crippen LogP contribution in [0.2, 0.25) is 0 Å². The van der Waals surface area contributed by atoms with E-state index in [1.165, 1.54) is 10.5 Å². The van der Waals surface area contributed by atoms with E-state index in [0.717, 1.165) is 45.4 Å². The van der Waals surface area contributed by atoms with Crippen molar-refractivity contribution in [3.8, 4) is 5.75 Å². The molecular formula is C24H31N3O2S2. The van der Waals surface area contributed by atoms with E-state index >= 15 is 0 Å². The fraction of sp³-hybridized carbons (Fsp3) is 0.417. The van der Waals surface area contributed by atoms with Crippen LogP contribution in [0.3, 0.4) is 0 Å². The van der Waals surface area contributed by atoms with E-state index in [9.17, 15) is 4.79 Å². The summed E-state index contributed by atoms with van der Waals surface area (Å²) in [4.78, 5) is 23.2. The molecule has 0 N–H and O–H groups in total. The molecule has 0 saturated carbocycles. The molecule has 0 bridgehead atoms. The third-order valence-electron chi connectivity index (χ3n) is 5.04. The highest BCUT2D eigenvalue weighted by molar-refractivity contribution is 7.99. The molecule has 0 unspecified atom stereocenters. The van der Waals surface area contributed by atoms with Gasteiger partial charge in [0.25, 0.3) is 0 Å². The first-order valence-electron chi connectivity index (χ1n) is 10.5. The molecule has 166 valence electrons. The van der Waals surface area contributed by atoms with Crippen molar-refractivity contribution in [1.29, 1.82) is 0 Å². The Bertz CT molecular complexity index is 1020. The van der Waals surface area contributed by atoms with Crippen LogP contribution in [0.5, 0.6) is 5.75 Å². The summed E-state index contributed by atoms with van der Waals surface area (Å²) >= 11 is 3.29. The number of fused-ring (bicyclic) bond motifs is 1. The Hall–Kier alpha value is -2.09. The minimum atomic E-state index is 0.119. The lowest BCUT2D eigenvalue weighted by Crippen LogP contribution is -2.33. The first-order chi connectivity index (χ1) is 14.9. The second-order valence-corrected chi connectivity index (χ2v) is 10.0. The number of rotatable bonds is 10. The lowest BCUT2D eigenvalue weighted by atomic mass is 10.2. The van der Waals surface area contributed by atoms with Gasteiger partial charge in [0.1, 0.15) is 11.3 Å². The maximum atomic E-state index is 13.2. The minimum absolute atomic E-state index is 0.119. The van der Waals surface area contributed by atoms with Crippen LogP contribution in [-0.4, -0.2) is 55.8 Å². The molecule has 3 aromatic rings. The van der Waals surface area contributed by atoms with Crippen LogP contribution >= 0.6 is 23.1 Å². The average molecular weight is 458 g/mol. The highest BCUT2D eigenvalue weighted by Gasteiger charge is 2.21. The number of amides is 1. The maximum absolute atomic E-state index is 13.2. The first kappa shape index (κ1) is 23.6. The van der Waals surface area contributed by atoms with E-state index in [1.807, 2.05) is 17.0 Å². The number of aromatic nitrogens is 1. The van der Waals surface area contributed by atoms with Gasteiger partial charge in [0.2, 0.25) is 5.91 Å². The Morgan fingerprint density at radius 3 is 2.52 bits per heavy atom. The SMILES string of the molecule is COc1ccc(C)c2sc(N(CCCN(C)C)C(=O)CCSc3ccc(C)cc3)nc12. The second kappa shape index (κ2) is 11.0. The number of aryl methyl sites for hydroxylation is 2. The van der Waals surface area contributed by atoms with Crippen molar-refractivity contribution < 1.29 is 9.53 Å². The lowest BCUT2D eigenvalue weighted by Gasteiger charge is -2.21. The fourth-order valence-corrected chi connectivity index (χ4v) is 5.21. The number of thioether (sulfide) groups is 1. The van der Waals surface area contributed by atoms with Crippen LogP contribution in [0, 0.1) is 13.8 Å². The number of methoxy groups -OCH3 is 1. The van der Waals surface area contributed by atoms with Crippen molar-refractivity contribution in [3.05, 3.63) is 47.5 Å². The highest BCUT2D eigenvalue weighted by atomic mass is 32.2. The van der Waals surface area contributed by atoms with Gasteiger partial charge in [0, 0.05) is 23.6 Å². The monoisotopic (exact) mass is 457 g/mol. The number of carbonyl (C=O) groups is 1. The van der Waals surface area contributed by atoms with E-state index in [4.69, 9.17) is 9.72 Å². The number of carbonyl (C=O) groups excluding carboxylic acids is 1. The Balaban J connectivity index is 1.77. The molecule has 0 radical (unpaired) electrons. The summed E-state index contributed by atoms with van der Waals surface area (Å²) in [6, 6.07) is 12.4. The van der Waals surface area contributed by atoms with Crippen LogP contribution in [-0.2, 0) is 4.79 Å². The van der Waals surface area contributed by atoms with Crippen molar-refractivity contribution >= 4 is 44.4 Å². The predicted octanol–water partition coefficient (Wildman–Crippen LogP) is 5.39. The van der Waals surface area contributed by atoms with Gasteiger partial charge in [-0.15, -0.1) is 11.8 Å². The molecule has 0 fully saturated rings. The smallest absolute Gasteiger partial charge is 0.229 e. The predicted molar refractivity (Wildman–Crippen MR) is 133 cm³/mol. The molecule has 0 atom stereocenters. The van der Waals surface area contributed by atoms with Gasteiger partial charge < -0.3 is 9.64 Å². The molecule has 7 heteroatoms. The third kappa shape index (κ3) is 6.21. The van der Waals surface area contributed by atoms with Gasteiger partial charge in [-0.1, -0.05) is 35.1 Å². The number of ether oxygens (including phenoxy) is 1. The number of thiazole rings is 1. The van der Waals surface area contributed by atoms with Gasteiger partial charge >= 0.3 is 0 Å². The molecule has 2 aromatic carbocycles. The van der Waals surface area contributed by atoms with Crippen LogP contribution in [0.4, 0.5) is 5.13 Å². The zero-order valence-corrected chi connectivity index (χ0v) is 20.6. The van der Waals surface area contributed by atoms with Gasteiger partial charge in [0.05, 0.1) is 11.8 Å². The number of anilines is 1. The maximum Gasteiger partial charge on any atom is 0.229 e. The quantitative estimate of drug-likeness (QED) is 0.382. The summed E-state index contributed by atoms with van der Waals surface area (Å²) in [7, 11) is 5.76. The van der Waals surface area contributed by atoms with Crippen LogP contribution in [0.15, 0.2) is 41.3 Å². The zero-order chi connectivity index (χ0) is 22.4. The van der Waals surface area contributed by atoms with E-state index < -0.39 is 0 Å². The van der Waals surface area contributed by atoms with Crippen molar-refractivity contribution in [1.82, 2.24) is 9.88 Å². The zero-order valence-electron chi connectivity index (χ0n) is 19.0. The van der Waals surface area contributed by atoms with E-state index in [0.29, 0.717) is 13.0 Å². The Labute approximate surface area is 193 Å². The Morgan fingerprint density at radius 2 is 1.84 bits per heavy atom. The average Bonchev–Trinajstić information content (AvgIpc) is 3.18. The topological polar surface area (TPSA) is 45.7 Å². The van der Waals surface area contributed by atoms with Crippen molar-refractivity contribution in [2.45, 2.75) is 31.6 Å². The van der Waals surface area contributed by atoms with Gasteiger partial charge in [-0.25, -0.2) is 4.98 Å². The fourth-order valence-electron chi connectivity index (χ4n) is 3.28. The second-order valence-electron chi connectivity index (χ2n) is 7.87. The summed E-state index contributed by atoms with van der Waals surface area (Å²) in [6.07, 6.45) is 1.38. The molecule has 0 saturated heterocycles. The van der Waals surface area contributed by atoms with Gasteiger partial charge in [-0.05, 0) is 64.7 Å². The number of hydrogen-bond donors (Lipinski definition) is 0. The van der Waals surface area contributed by atoms with Gasteiger partial charge in [0.15, 0.2) is 5.13 Å². The van der Waals surface area contributed by atoms with Gasteiger partial charge in [-0.2, -0.15) is 0 Å². The summed E-state index contributed by atoms with van der Waals surface area (Å²) in [6.45, 7) is 5.74. The molecule has 0 aliphatic heterocycles. The largest absolute Gasteiger partial charge is 0.494 e. The molecule has 1 amide bonds. The van der Waals surface area contributed by atoms with Crippen LogP contribution in [0.1, 0.15) is 24.0 Å². The van der Waals surface area contributed by atoms with Crippen molar-refractivity contribution in [2.75, 3.05) is 44.9 Å². The van der Waals surface area contributed by atoms with Crippen molar-refractivity contribution in [2.24, 2.45) is 0 Å². The van der Waals surface area contributed by atoms with E-state index in [2.05, 4.69) is 57.1 Å². The Kier molecular flexibility index (Phi) is 8.35.